The molecule has 4 saturated heterocycles. The lowest BCUT2D eigenvalue weighted by molar-refractivity contribution is -0.0327. The SMILES string of the molecule is CN(C[C@@H](CCN1CC(N2CCOCC2)C1)c1ccc(F)cc1)C(=O)OC(C)(C)C.CNC[C@@H](CCN1CC(N2CCOCC2)C1)c1ccc(F)cc1.Cl.Cl. The zero-order valence-electron chi connectivity index (χ0n) is 33.6. The molecule has 4 fully saturated rings. The van der Waals surface area contributed by atoms with Crippen LogP contribution in [0.4, 0.5) is 13.6 Å². The third-order valence-corrected chi connectivity index (χ3v) is 10.9. The van der Waals surface area contributed by atoms with Crippen molar-refractivity contribution in [2.45, 2.75) is 63.1 Å². The van der Waals surface area contributed by atoms with E-state index in [-0.39, 0.29) is 48.5 Å². The average Bonchev–Trinajstić information content (AvgIpc) is 3.10. The van der Waals surface area contributed by atoms with Crippen molar-refractivity contribution in [3.63, 3.8) is 0 Å². The molecular weight excluding hydrogens is 749 g/mol. The zero-order chi connectivity index (χ0) is 37.8. The molecule has 4 heterocycles. The maximum absolute atomic E-state index is 13.4. The number of benzene rings is 2. The molecule has 2 aromatic carbocycles. The highest BCUT2D eigenvalue weighted by Gasteiger charge is 2.34. The highest BCUT2D eigenvalue weighted by molar-refractivity contribution is 5.85. The predicted molar refractivity (Wildman–Crippen MR) is 220 cm³/mol. The topological polar surface area (TPSA) is 73.0 Å². The van der Waals surface area contributed by atoms with Gasteiger partial charge in [0.25, 0.3) is 0 Å². The fraction of sp³-hybridized carbons (Fsp3) is 0.683. The molecule has 0 saturated carbocycles. The van der Waals surface area contributed by atoms with Crippen molar-refractivity contribution < 1.29 is 27.8 Å². The van der Waals surface area contributed by atoms with E-state index in [0.29, 0.717) is 24.5 Å². The molecule has 4 aliphatic rings. The Morgan fingerprint density at radius 1 is 0.764 bits per heavy atom. The maximum atomic E-state index is 13.4. The molecular formula is C41H66Cl2F2N6O4. The number of ether oxygens (including phenoxy) is 3. The van der Waals surface area contributed by atoms with Crippen LogP contribution in [0.2, 0.25) is 0 Å². The number of halogens is 4. The maximum Gasteiger partial charge on any atom is 0.410 e. The van der Waals surface area contributed by atoms with E-state index in [0.717, 1.165) is 104 Å². The van der Waals surface area contributed by atoms with E-state index < -0.39 is 5.60 Å². The minimum absolute atomic E-state index is 0. The van der Waals surface area contributed by atoms with Gasteiger partial charge in [-0.25, -0.2) is 13.6 Å². The van der Waals surface area contributed by atoms with Crippen LogP contribution in [0, 0.1) is 11.6 Å². The van der Waals surface area contributed by atoms with E-state index in [1.807, 2.05) is 52.1 Å². The van der Waals surface area contributed by atoms with Crippen LogP contribution in [0.1, 0.15) is 56.6 Å². The van der Waals surface area contributed by atoms with Crippen LogP contribution in [0.5, 0.6) is 0 Å². The Balaban J connectivity index is 0.000000294. The molecule has 0 radical (unpaired) electrons. The molecule has 0 unspecified atom stereocenters. The number of nitrogens with one attached hydrogen (secondary N) is 1. The third kappa shape index (κ3) is 15.3. The molecule has 2 atom stereocenters. The second-order valence-corrected chi connectivity index (χ2v) is 16.1. The molecule has 14 heteroatoms. The lowest BCUT2D eigenvalue weighted by atomic mass is 9.94. The summed E-state index contributed by atoms with van der Waals surface area (Å²) in [6, 6.07) is 15.0. The van der Waals surface area contributed by atoms with Gasteiger partial charge in [0, 0.05) is 90.5 Å². The van der Waals surface area contributed by atoms with Crippen LogP contribution in [0.15, 0.2) is 48.5 Å². The van der Waals surface area contributed by atoms with Crippen molar-refractivity contribution in [1.29, 1.82) is 0 Å². The Bertz CT molecular complexity index is 1370. The second-order valence-electron chi connectivity index (χ2n) is 16.1. The summed E-state index contributed by atoms with van der Waals surface area (Å²) in [6.45, 7) is 21.3. The van der Waals surface area contributed by atoms with Gasteiger partial charge in [-0.3, -0.25) is 9.80 Å². The van der Waals surface area contributed by atoms with E-state index in [1.165, 1.54) is 30.8 Å². The Hall–Kier alpha value is -2.13. The fourth-order valence-electron chi connectivity index (χ4n) is 7.69. The summed E-state index contributed by atoms with van der Waals surface area (Å²) in [6.07, 6.45) is 1.70. The summed E-state index contributed by atoms with van der Waals surface area (Å²) in [7, 11) is 3.75. The second kappa shape index (κ2) is 23.3. The monoisotopic (exact) mass is 814 g/mol. The first-order chi connectivity index (χ1) is 25.5. The Morgan fingerprint density at radius 3 is 1.56 bits per heavy atom. The summed E-state index contributed by atoms with van der Waals surface area (Å²) in [5, 5.41) is 3.27. The van der Waals surface area contributed by atoms with Crippen molar-refractivity contribution in [3.8, 4) is 0 Å². The molecule has 1 N–H and O–H groups in total. The van der Waals surface area contributed by atoms with Crippen LogP contribution >= 0.6 is 24.8 Å². The first-order valence-electron chi connectivity index (χ1n) is 19.7. The first kappa shape index (κ1) is 47.2. The zero-order valence-corrected chi connectivity index (χ0v) is 35.2. The molecule has 4 aliphatic heterocycles. The minimum atomic E-state index is -0.525. The summed E-state index contributed by atoms with van der Waals surface area (Å²) in [4.78, 5) is 24.1. The molecule has 312 valence electrons. The van der Waals surface area contributed by atoms with Crippen molar-refractivity contribution in [2.75, 3.05) is 119 Å². The number of amides is 1. The molecule has 10 nitrogen and oxygen atoms in total. The van der Waals surface area contributed by atoms with E-state index in [4.69, 9.17) is 14.2 Å². The molecule has 6 rings (SSSR count). The van der Waals surface area contributed by atoms with Crippen LogP contribution in [0.3, 0.4) is 0 Å². The summed E-state index contributed by atoms with van der Waals surface area (Å²) in [5.74, 6) is 0.177. The number of likely N-dealkylation sites (tertiary alicyclic amines) is 2. The summed E-state index contributed by atoms with van der Waals surface area (Å²) >= 11 is 0. The smallest absolute Gasteiger partial charge is 0.410 e. The molecule has 0 aromatic heterocycles. The van der Waals surface area contributed by atoms with E-state index in [9.17, 15) is 13.6 Å². The van der Waals surface area contributed by atoms with E-state index >= 15 is 0 Å². The minimum Gasteiger partial charge on any atom is -0.444 e. The van der Waals surface area contributed by atoms with Crippen molar-refractivity contribution in [2.24, 2.45) is 0 Å². The largest absolute Gasteiger partial charge is 0.444 e. The van der Waals surface area contributed by atoms with Gasteiger partial charge in [0.2, 0.25) is 0 Å². The van der Waals surface area contributed by atoms with E-state index in [2.05, 4.69) is 24.9 Å². The van der Waals surface area contributed by atoms with Crippen LogP contribution in [0.25, 0.3) is 0 Å². The molecule has 0 aliphatic carbocycles. The van der Waals surface area contributed by atoms with Crippen LogP contribution in [-0.2, 0) is 14.2 Å². The van der Waals surface area contributed by atoms with Gasteiger partial charge in [0.15, 0.2) is 0 Å². The number of hydrogen-bond acceptors (Lipinski definition) is 9. The number of likely N-dealkylation sites (N-methyl/N-ethyl adjacent to an activating group) is 2. The number of hydrogen-bond donors (Lipinski definition) is 1. The summed E-state index contributed by atoms with van der Waals surface area (Å²) in [5.41, 5.74) is 1.76. The van der Waals surface area contributed by atoms with Crippen molar-refractivity contribution in [3.05, 3.63) is 71.3 Å². The van der Waals surface area contributed by atoms with Gasteiger partial charge in [0.1, 0.15) is 17.2 Å². The third-order valence-electron chi connectivity index (χ3n) is 10.9. The summed E-state index contributed by atoms with van der Waals surface area (Å²) < 4.78 is 42.9. The Labute approximate surface area is 341 Å². The van der Waals surface area contributed by atoms with Gasteiger partial charge >= 0.3 is 6.09 Å². The highest BCUT2D eigenvalue weighted by atomic mass is 35.5. The quantitative estimate of drug-likeness (QED) is 0.264. The Kier molecular flexibility index (Phi) is 20.0. The predicted octanol–water partition coefficient (Wildman–Crippen LogP) is 5.56. The molecule has 0 spiro atoms. The molecule has 1 amide bonds. The Morgan fingerprint density at radius 2 is 1.16 bits per heavy atom. The number of carbonyl (C=O) groups excluding carboxylic acids is 1. The fourth-order valence-corrected chi connectivity index (χ4v) is 7.69. The van der Waals surface area contributed by atoms with Crippen LogP contribution in [-0.4, -0.2) is 167 Å². The molecule has 2 aromatic rings. The van der Waals surface area contributed by atoms with Gasteiger partial charge in [-0.1, -0.05) is 24.3 Å². The number of carbonyl (C=O) groups is 1. The molecule has 0 bridgehead atoms. The van der Waals surface area contributed by atoms with E-state index in [1.54, 1.807) is 24.1 Å². The van der Waals surface area contributed by atoms with Crippen molar-refractivity contribution in [1.82, 2.24) is 29.8 Å². The van der Waals surface area contributed by atoms with Crippen LogP contribution < -0.4 is 5.32 Å². The van der Waals surface area contributed by atoms with Gasteiger partial charge in [-0.15, -0.1) is 24.8 Å². The van der Waals surface area contributed by atoms with Gasteiger partial charge in [0.05, 0.1) is 26.4 Å². The number of nitrogens with zero attached hydrogens (tertiary/aromatic N) is 5. The van der Waals surface area contributed by atoms with Gasteiger partial charge in [-0.05, 0) is 95.1 Å². The lowest BCUT2D eigenvalue weighted by Gasteiger charge is -2.47. The molecule has 55 heavy (non-hydrogen) atoms. The normalized spacial score (nSPS) is 20.1. The highest BCUT2D eigenvalue weighted by Crippen LogP contribution is 2.26. The first-order valence-corrected chi connectivity index (χ1v) is 19.7. The van der Waals surface area contributed by atoms with Crippen molar-refractivity contribution >= 4 is 30.9 Å². The average molecular weight is 816 g/mol. The standard InChI is InChI=1S/C23H36FN3O3.C18H28FN3O.2ClH/c1-23(2,3)30-22(28)25(4)15-19(18-5-7-20(24)8-6-18)9-10-26-16-21(17-26)27-11-13-29-14-12-27;1-20-12-16(15-2-4-17(19)5-3-15)6-7-21-13-18(14-21)22-8-10-23-11-9-22;;/h5-8,19,21H,9-17H2,1-4H3;2-5,16,18,20H,6-14H2,1H3;2*1H/t19-;16-;;/m11../s1. The number of rotatable bonds is 14. The van der Waals surface area contributed by atoms with Gasteiger partial charge in [-0.2, -0.15) is 0 Å². The van der Waals surface area contributed by atoms with Gasteiger partial charge < -0.3 is 34.2 Å². The number of morpholine rings is 2. The lowest BCUT2D eigenvalue weighted by Crippen LogP contribution is -2.61.